The summed E-state index contributed by atoms with van der Waals surface area (Å²) in [4.78, 5) is 31.6. The summed E-state index contributed by atoms with van der Waals surface area (Å²) in [6.45, 7) is 28.1. The molecule has 0 aliphatic carbocycles. The Hall–Kier alpha value is -3.33. The number of pyridine rings is 2. The smallest absolute Gasteiger partial charge is 0.341 e. The predicted molar refractivity (Wildman–Crippen MR) is 199 cm³/mol. The lowest BCUT2D eigenvalue weighted by Gasteiger charge is -2.35. The van der Waals surface area contributed by atoms with Crippen LogP contribution in [0.25, 0.3) is 11.6 Å². The number of carbonyl (C=O) groups excluding carboxylic acids is 1. The maximum Gasteiger partial charge on any atom is 0.341 e. The Kier molecular flexibility index (Phi) is 11.3. The van der Waals surface area contributed by atoms with Crippen LogP contribution in [0.3, 0.4) is 0 Å². The molecule has 4 aromatic rings. The van der Waals surface area contributed by atoms with Crippen LogP contribution in [0, 0.1) is 0 Å². The zero-order chi connectivity index (χ0) is 36.6. The molecule has 0 amide bonds. The second kappa shape index (κ2) is 13.9. The fourth-order valence-electron chi connectivity index (χ4n) is 4.09. The molecule has 0 aliphatic heterocycles. The van der Waals surface area contributed by atoms with E-state index in [2.05, 4.69) is 88.9 Å². The molecule has 10 nitrogen and oxygen atoms in total. The Labute approximate surface area is 295 Å². The van der Waals surface area contributed by atoms with Gasteiger partial charge in [-0.15, -0.1) is 0 Å². The van der Waals surface area contributed by atoms with E-state index in [-0.39, 0.29) is 31.5 Å². The van der Waals surface area contributed by atoms with Crippen molar-refractivity contribution in [3.63, 3.8) is 0 Å². The molecule has 0 atom stereocenters. The molecule has 0 aliphatic rings. The summed E-state index contributed by atoms with van der Waals surface area (Å²) >= 11 is 12.1. The van der Waals surface area contributed by atoms with Crippen molar-refractivity contribution in [2.24, 2.45) is 0 Å². The molecule has 0 radical (unpaired) electrons. The monoisotopic (exact) mass is 730 g/mol. The molecule has 48 heavy (non-hydrogen) atoms. The number of esters is 1. The van der Waals surface area contributed by atoms with E-state index in [1.807, 2.05) is 39.2 Å². The fraction of sp³-hybridized carbons (Fsp3) is 0.471. The van der Waals surface area contributed by atoms with Crippen LogP contribution in [0.5, 0.6) is 0 Å². The Balaban J connectivity index is 0.000000264. The zero-order valence-corrected chi connectivity index (χ0v) is 33.7. The number of carboxylic acids is 1. The molecule has 0 spiro atoms. The normalized spacial score (nSPS) is 12.7. The molecular weight excluding hydrogens is 683 g/mol. The third-order valence-corrected chi connectivity index (χ3v) is 20.4. The SMILES string of the molecule is CC(C)(C)OC(=O)c1ccc(-n2ccc([Si](C)(C)C(C)(C)C)n2)nc1Cl.CC(C)(C)[Si](C)(C)c1ccn(-c2ccc(C(=O)O)c(Cl)n2)n1. The highest BCUT2D eigenvalue weighted by Crippen LogP contribution is 2.36. The molecule has 4 rings (SSSR count). The summed E-state index contributed by atoms with van der Waals surface area (Å²) < 4.78 is 8.71. The standard InChI is InChI=1S/C19H28ClN3O2Si.C15H20ClN3O2Si/c1-18(2,3)25-17(24)13-9-10-14(21-16(13)20)23-12-11-15(22-23)26(7,8)19(4,5)6;1-15(2,3)22(4,5)12-8-9-19(18-12)11-7-6-10(14(20)21)13(16)17-11/h9-12H,1-8H3;6-9H,1-5H3,(H,20,21). The summed E-state index contributed by atoms with van der Waals surface area (Å²) in [5.74, 6) is -0.484. The Morgan fingerprint density at radius 3 is 1.35 bits per heavy atom. The number of halogens is 2. The van der Waals surface area contributed by atoms with Crippen LogP contribution in [0.4, 0.5) is 0 Å². The summed E-state index contributed by atoms with van der Waals surface area (Å²) in [5.41, 5.74) is -0.344. The average Bonchev–Trinajstić information content (AvgIpc) is 3.62. The molecule has 260 valence electrons. The number of hydrogen-bond acceptors (Lipinski definition) is 7. The van der Waals surface area contributed by atoms with E-state index in [0.717, 1.165) is 10.6 Å². The lowest BCUT2D eigenvalue weighted by atomic mass is 10.2. The summed E-state index contributed by atoms with van der Waals surface area (Å²) in [6, 6.07) is 10.5. The number of nitrogens with zero attached hydrogens (tertiary/aromatic N) is 6. The highest BCUT2D eigenvalue weighted by atomic mass is 35.5. The molecule has 4 aromatic heterocycles. The van der Waals surface area contributed by atoms with Crippen LogP contribution in [-0.2, 0) is 4.74 Å². The molecule has 1 N–H and O–H groups in total. The largest absolute Gasteiger partial charge is 0.478 e. The van der Waals surface area contributed by atoms with Crippen LogP contribution in [-0.4, -0.2) is 68.3 Å². The summed E-state index contributed by atoms with van der Waals surface area (Å²) in [5, 5.41) is 21.0. The molecule has 0 saturated carbocycles. The van der Waals surface area contributed by atoms with Gasteiger partial charge in [0.15, 0.2) is 11.6 Å². The molecule has 0 unspecified atom stereocenters. The number of carbonyl (C=O) groups is 2. The van der Waals surface area contributed by atoms with Crippen LogP contribution in [0.2, 0.25) is 46.6 Å². The second-order valence-electron chi connectivity index (χ2n) is 15.9. The molecule has 0 bridgehead atoms. The van der Waals surface area contributed by atoms with E-state index >= 15 is 0 Å². The van der Waals surface area contributed by atoms with Gasteiger partial charge in [-0.05, 0) is 67.2 Å². The van der Waals surface area contributed by atoms with Gasteiger partial charge in [-0.3, -0.25) is 0 Å². The quantitative estimate of drug-likeness (QED) is 0.121. The van der Waals surface area contributed by atoms with Crippen molar-refractivity contribution in [3.8, 4) is 11.6 Å². The maximum atomic E-state index is 12.2. The van der Waals surface area contributed by atoms with Gasteiger partial charge in [0.1, 0.15) is 32.1 Å². The Morgan fingerprint density at radius 2 is 1.04 bits per heavy atom. The third kappa shape index (κ3) is 8.82. The van der Waals surface area contributed by atoms with Crippen LogP contribution in [0.1, 0.15) is 83.0 Å². The van der Waals surface area contributed by atoms with Crippen LogP contribution >= 0.6 is 23.2 Å². The van der Waals surface area contributed by atoms with Gasteiger partial charge in [-0.25, -0.2) is 28.9 Å². The first-order valence-electron chi connectivity index (χ1n) is 15.7. The molecule has 14 heteroatoms. The first-order valence-corrected chi connectivity index (χ1v) is 22.4. The van der Waals surface area contributed by atoms with E-state index in [1.165, 1.54) is 6.07 Å². The number of carboxylic acid groups (broad SMARTS) is 1. The minimum Gasteiger partial charge on any atom is -0.478 e. The molecular formula is C34H48Cl2N6O4Si2. The number of ether oxygens (including phenoxy) is 1. The first kappa shape index (κ1) is 39.1. The van der Waals surface area contributed by atoms with Gasteiger partial charge < -0.3 is 9.84 Å². The minimum absolute atomic E-state index is 0.0119. The van der Waals surface area contributed by atoms with Crippen molar-refractivity contribution in [3.05, 3.63) is 70.2 Å². The first-order chi connectivity index (χ1) is 21.8. The van der Waals surface area contributed by atoms with Crippen LogP contribution in [0.15, 0.2) is 48.8 Å². The minimum atomic E-state index is -1.73. The van der Waals surface area contributed by atoms with Crippen molar-refractivity contribution in [1.82, 2.24) is 29.5 Å². The lowest BCUT2D eigenvalue weighted by molar-refractivity contribution is 0.00690. The molecule has 4 heterocycles. The summed E-state index contributed by atoms with van der Waals surface area (Å²) in [7, 11) is -3.45. The lowest BCUT2D eigenvalue weighted by Crippen LogP contribution is -2.50. The number of aromatic nitrogens is 6. The van der Waals surface area contributed by atoms with Gasteiger partial charge in [0, 0.05) is 23.0 Å². The number of hydrogen-bond donors (Lipinski definition) is 1. The maximum absolute atomic E-state index is 12.2. The van der Waals surface area contributed by atoms with Gasteiger partial charge in [-0.1, -0.05) is 90.9 Å². The average molecular weight is 732 g/mol. The van der Waals surface area contributed by atoms with Crippen molar-refractivity contribution >= 4 is 61.9 Å². The van der Waals surface area contributed by atoms with Gasteiger partial charge in [0.25, 0.3) is 0 Å². The molecule has 0 saturated heterocycles. The van der Waals surface area contributed by atoms with Crippen molar-refractivity contribution in [2.75, 3.05) is 0 Å². The van der Waals surface area contributed by atoms with Gasteiger partial charge >= 0.3 is 11.9 Å². The Bertz CT molecular complexity index is 1800. The zero-order valence-electron chi connectivity index (χ0n) is 30.2. The predicted octanol–water partition coefficient (Wildman–Crippen LogP) is 7.93. The van der Waals surface area contributed by atoms with Gasteiger partial charge in [0.05, 0.1) is 11.1 Å². The highest BCUT2D eigenvalue weighted by Gasteiger charge is 2.40. The molecule has 0 aromatic carbocycles. The van der Waals surface area contributed by atoms with E-state index in [1.54, 1.807) is 27.6 Å². The summed E-state index contributed by atoms with van der Waals surface area (Å²) in [6.07, 6.45) is 3.73. The highest BCUT2D eigenvalue weighted by molar-refractivity contribution is 6.92. The van der Waals surface area contributed by atoms with Crippen LogP contribution < -0.4 is 10.6 Å². The van der Waals surface area contributed by atoms with Gasteiger partial charge in [0.2, 0.25) is 0 Å². The van der Waals surface area contributed by atoms with E-state index in [4.69, 9.17) is 38.1 Å². The molecule has 0 fully saturated rings. The third-order valence-electron chi connectivity index (χ3n) is 9.20. The van der Waals surface area contributed by atoms with E-state index in [9.17, 15) is 9.59 Å². The Morgan fingerprint density at radius 1 is 0.667 bits per heavy atom. The number of rotatable bonds is 6. The van der Waals surface area contributed by atoms with Crippen molar-refractivity contribution in [2.45, 2.75) is 104 Å². The topological polar surface area (TPSA) is 125 Å². The van der Waals surface area contributed by atoms with Crippen molar-refractivity contribution < 1.29 is 19.4 Å². The fourth-order valence-corrected chi connectivity index (χ4v) is 7.78. The van der Waals surface area contributed by atoms with Crippen molar-refractivity contribution in [1.29, 1.82) is 0 Å². The number of aromatic carboxylic acids is 1. The second-order valence-corrected chi connectivity index (χ2v) is 27.1. The van der Waals surface area contributed by atoms with E-state index < -0.39 is 33.7 Å². The van der Waals surface area contributed by atoms with Gasteiger partial charge in [-0.2, -0.15) is 10.2 Å². The van der Waals surface area contributed by atoms with E-state index in [0.29, 0.717) is 11.6 Å².